The molecule has 0 unspecified atom stereocenters. The third-order valence-corrected chi connectivity index (χ3v) is 10.4. The largest absolute Gasteiger partial charge is 0.480 e. The molecule has 1 aromatic heterocycles. The van der Waals surface area contributed by atoms with Gasteiger partial charge in [-0.25, -0.2) is 9.18 Å². The molecule has 3 aromatic carbocycles. The third kappa shape index (κ3) is 8.02. The van der Waals surface area contributed by atoms with E-state index in [0.29, 0.717) is 48.0 Å². The third-order valence-electron chi connectivity index (χ3n) is 10.4. The van der Waals surface area contributed by atoms with Crippen molar-refractivity contribution >= 4 is 33.4 Å². The van der Waals surface area contributed by atoms with Crippen molar-refractivity contribution in [2.24, 2.45) is 5.41 Å². The SMILES string of the molecule is O=C(O)[C@H](Cc1cccc2c(-c3ncc(CCN4CCC[C@H](F)C4)c4ccccc34)cccc12)NC(=O)C1(C(F)(F)F)CCN(CC(F)(F)F)CC1. The molecular weight excluding hydrogens is 693 g/mol. The van der Waals surface area contributed by atoms with Crippen molar-refractivity contribution in [3.05, 3.63) is 78.0 Å². The Bertz CT molecular complexity index is 1920. The van der Waals surface area contributed by atoms with E-state index in [2.05, 4.69) is 10.2 Å². The van der Waals surface area contributed by atoms with Gasteiger partial charge in [0.2, 0.25) is 5.91 Å². The highest BCUT2D eigenvalue weighted by Gasteiger charge is 2.61. The van der Waals surface area contributed by atoms with Gasteiger partial charge in [-0.05, 0) is 79.0 Å². The number of carboxylic acid groups (broad SMARTS) is 1. The Morgan fingerprint density at radius 2 is 1.52 bits per heavy atom. The van der Waals surface area contributed by atoms with Crippen LogP contribution in [0.15, 0.2) is 66.9 Å². The zero-order valence-corrected chi connectivity index (χ0v) is 28.2. The normalized spacial score (nSPS) is 19.5. The maximum atomic E-state index is 14.4. The van der Waals surface area contributed by atoms with E-state index in [-0.39, 0.29) is 6.42 Å². The van der Waals surface area contributed by atoms with Crippen molar-refractivity contribution in [3.8, 4) is 11.3 Å². The van der Waals surface area contributed by atoms with Crippen LogP contribution >= 0.6 is 0 Å². The number of aliphatic carboxylic acids is 1. The summed E-state index contributed by atoms with van der Waals surface area (Å²) in [6.07, 6.45) is -8.85. The molecule has 2 aliphatic heterocycles. The molecule has 6 rings (SSSR count). The Kier molecular flexibility index (Phi) is 10.8. The number of piperidine rings is 2. The molecule has 278 valence electrons. The Morgan fingerprint density at radius 1 is 0.865 bits per heavy atom. The number of likely N-dealkylation sites (tertiary alicyclic amines) is 2. The standard InChI is InChI=1S/C38H39F7N4O3/c39-26-7-5-16-48(22-26)17-13-25-21-46-33(30-9-2-1-8-28(25)30)31-12-4-10-27-24(6-3-11-29(27)31)20-32(34(50)51)47-35(52)36(38(43,44)45)14-18-49(19-15-36)23-37(40,41)42/h1-4,6,8-12,21,26,32H,5,7,13-20,22-23H2,(H,47,52)(H,50,51)/t26-,32-/m0/s1. The molecular formula is C38H39F7N4O3. The topological polar surface area (TPSA) is 85.8 Å². The zero-order chi connectivity index (χ0) is 37.3. The number of carbonyl (C=O) groups excluding carboxylic acids is 1. The van der Waals surface area contributed by atoms with Gasteiger partial charge in [-0.3, -0.25) is 14.7 Å². The number of benzene rings is 3. The van der Waals surface area contributed by atoms with Gasteiger partial charge in [-0.15, -0.1) is 0 Å². The number of carbonyl (C=O) groups is 2. The van der Waals surface area contributed by atoms with Crippen LogP contribution in [0, 0.1) is 5.41 Å². The van der Waals surface area contributed by atoms with E-state index < -0.39 is 74.3 Å². The summed E-state index contributed by atoms with van der Waals surface area (Å²) in [4.78, 5) is 33.5. The summed E-state index contributed by atoms with van der Waals surface area (Å²) in [7, 11) is 0. The fraction of sp³-hybridized carbons (Fsp3) is 0.447. The number of nitrogens with one attached hydrogen (secondary N) is 1. The molecule has 2 aliphatic rings. The van der Waals surface area contributed by atoms with Crippen molar-refractivity contribution in [3.63, 3.8) is 0 Å². The van der Waals surface area contributed by atoms with Crippen LogP contribution in [0.5, 0.6) is 0 Å². The highest BCUT2D eigenvalue weighted by atomic mass is 19.4. The van der Waals surface area contributed by atoms with Gasteiger partial charge in [0.25, 0.3) is 0 Å². The van der Waals surface area contributed by atoms with Crippen LogP contribution in [0.4, 0.5) is 30.7 Å². The van der Waals surface area contributed by atoms with Crippen LogP contribution in [0.25, 0.3) is 32.8 Å². The summed E-state index contributed by atoms with van der Waals surface area (Å²) >= 11 is 0. The number of fused-ring (bicyclic) bond motifs is 2. The molecule has 2 atom stereocenters. The summed E-state index contributed by atoms with van der Waals surface area (Å²) in [5.41, 5.74) is -0.130. The monoisotopic (exact) mass is 732 g/mol. The molecule has 52 heavy (non-hydrogen) atoms. The van der Waals surface area contributed by atoms with Crippen LogP contribution in [0.3, 0.4) is 0 Å². The second kappa shape index (κ2) is 15.0. The summed E-state index contributed by atoms with van der Waals surface area (Å²) in [5.74, 6) is -3.12. The molecule has 0 aliphatic carbocycles. The first-order valence-corrected chi connectivity index (χ1v) is 17.3. The van der Waals surface area contributed by atoms with E-state index in [1.165, 1.54) is 0 Å². The summed E-state index contributed by atoms with van der Waals surface area (Å²) < 4.78 is 95.9. The number of carboxylic acids is 1. The van der Waals surface area contributed by atoms with Gasteiger partial charge in [0, 0.05) is 36.7 Å². The number of amides is 1. The lowest BCUT2D eigenvalue weighted by Gasteiger charge is -2.42. The number of aromatic nitrogens is 1. The molecule has 2 fully saturated rings. The molecule has 1 amide bonds. The predicted octanol–water partition coefficient (Wildman–Crippen LogP) is 7.35. The number of alkyl halides is 7. The highest BCUT2D eigenvalue weighted by molar-refractivity contribution is 6.05. The molecule has 7 nitrogen and oxygen atoms in total. The average molecular weight is 733 g/mol. The Hall–Kier alpha value is -4.30. The summed E-state index contributed by atoms with van der Waals surface area (Å²) in [6, 6.07) is 16.6. The highest BCUT2D eigenvalue weighted by Crippen LogP contribution is 2.47. The van der Waals surface area contributed by atoms with Gasteiger partial charge in [0.1, 0.15) is 17.6 Å². The molecule has 4 aromatic rings. The fourth-order valence-corrected chi connectivity index (χ4v) is 7.61. The first kappa shape index (κ1) is 37.5. The summed E-state index contributed by atoms with van der Waals surface area (Å²) in [6.45, 7) is -0.691. The fourth-order valence-electron chi connectivity index (χ4n) is 7.61. The maximum Gasteiger partial charge on any atom is 0.403 e. The summed E-state index contributed by atoms with van der Waals surface area (Å²) in [5, 5.41) is 15.4. The Labute approximate surface area is 295 Å². The second-order valence-electron chi connectivity index (χ2n) is 13.8. The van der Waals surface area contributed by atoms with E-state index in [9.17, 15) is 45.4 Å². The van der Waals surface area contributed by atoms with Crippen molar-refractivity contribution in [2.75, 3.05) is 39.3 Å². The van der Waals surface area contributed by atoms with Crippen molar-refractivity contribution in [2.45, 2.75) is 63.1 Å². The molecule has 2 N–H and O–H groups in total. The van der Waals surface area contributed by atoms with Gasteiger partial charge < -0.3 is 15.3 Å². The first-order valence-electron chi connectivity index (χ1n) is 17.3. The predicted molar refractivity (Wildman–Crippen MR) is 182 cm³/mol. The lowest BCUT2D eigenvalue weighted by atomic mass is 9.76. The van der Waals surface area contributed by atoms with Gasteiger partial charge in [-0.2, -0.15) is 26.3 Å². The number of hydrogen-bond acceptors (Lipinski definition) is 5. The number of halogens is 7. The van der Waals surface area contributed by atoms with Crippen molar-refractivity contribution in [1.29, 1.82) is 0 Å². The quantitative estimate of drug-likeness (QED) is 0.166. The molecule has 0 bridgehead atoms. The van der Waals surface area contributed by atoms with E-state index in [1.807, 2.05) is 42.6 Å². The van der Waals surface area contributed by atoms with Gasteiger partial charge in [0.15, 0.2) is 0 Å². The van der Waals surface area contributed by atoms with Crippen LogP contribution in [0.2, 0.25) is 0 Å². The van der Waals surface area contributed by atoms with Crippen molar-refractivity contribution < 1.29 is 45.4 Å². The Balaban J connectivity index is 1.26. The Morgan fingerprint density at radius 3 is 2.19 bits per heavy atom. The first-order chi connectivity index (χ1) is 24.6. The lowest BCUT2D eigenvalue weighted by molar-refractivity contribution is -0.236. The maximum absolute atomic E-state index is 14.4. The molecule has 3 heterocycles. The van der Waals surface area contributed by atoms with Crippen LogP contribution in [-0.4, -0.2) is 95.6 Å². The zero-order valence-electron chi connectivity index (χ0n) is 28.2. The second-order valence-corrected chi connectivity index (χ2v) is 13.8. The molecule has 0 saturated carbocycles. The average Bonchev–Trinajstić information content (AvgIpc) is 3.09. The van der Waals surface area contributed by atoms with Crippen LogP contribution in [-0.2, 0) is 22.4 Å². The minimum Gasteiger partial charge on any atom is -0.480 e. The number of rotatable bonds is 10. The van der Waals surface area contributed by atoms with Gasteiger partial charge >= 0.3 is 18.3 Å². The molecule has 0 spiro atoms. The lowest BCUT2D eigenvalue weighted by Crippen LogP contribution is -2.59. The van der Waals surface area contributed by atoms with Gasteiger partial charge in [-0.1, -0.05) is 60.7 Å². The van der Waals surface area contributed by atoms with E-state index in [0.717, 1.165) is 39.8 Å². The molecule has 14 heteroatoms. The smallest absolute Gasteiger partial charge is 0.403 e. The number of nitrogens with zero attached hydrogens (tertiary/aromatic N) is 3. The van der Waals surface area contributed by atoms with Crippen LogP contribution < -0.4 is 5.32 Å². The van der Waals surface area contributed by atoms with Crippen LogP contribution in [0.1, 0.15) is 36.8 Å². The minimum absolute atomic E-state index is 0.348. The molecule has 2 saturated heterocycles. The van der Waals surface area contributed by atoms with E-state index in [4.69, 9.17) is 4.98 Å². The number of pyridine rings is 1. The van der Waals surface area contributed by atoms with E-state index >= 15 is 0 Å². The van der Waals surface area contributed by atoms with E-state index in [1.54, 1.807) is 24.3 Å². The van der Waals surface area contributed by atoms with Gasteiger partial charge in [0.05, 0.1) is 12.2 Å². The number of hydrogen-bond donors (Lipinski definition) is 2. The minimum atomic E-state index is -5.12. The van der Waals surface area contributed by atoms with Crippen molar-refractivity contribution in [1.82, 2.24) is 20.1 Å². The molecule has 0 radical (unpaired) electrons.